The van der Waals surface area contributed by atoms with Gasteiger partial charge in [0.2, 0.25) is 0 Å². The van der Waals surface area contributed by atoms with Crippen LogP contribution in [-0.4, -0.2) is 10.9 Å². The molecule has 8 heteroatoms. The van der Waals surface area contributed by atoms with Crippen molar-refractivity contribution < 1.29 is 18.0 Å². The summed E-state index contributed by atoms with van der Waals surface area (Å²) in [6, 6.07) is 14.5. The fraction of sp³-hybridized carbons (Fsp3) is 0.0952. The van der Waals surface area contributed by atoms with Gasteiger partial charge in [0.25, 0.3) is 5.91 Å². The number of carbonyl (C=O) groups excluding carboxylic acids is 1. The smallest absolute Gasteiger partial charge is 0.348 e. The number of hydrogen-bond acceptors (Lipinski definition) is 3. The summed E-state index contributed by atoms with van der Waals surface area (Å²) >= 11 is 6.08. The third-order valence-corrected chi connectivity index (χ3v) is 4.51. The molecule has 0 saturated heterocycles. The molecule has 3 rings (SSSR count). The van der Waals surface area contributed by atoms with Gasteiger partial charge in [0, 0.05) is 23.3 Å². The third-order valence-electron chi connectivity index (χ3n) is 4.16. The van der Waals surface area contributed by atoms with Gasteiger partial charge in [0.15, 0.2) is 0 Å². The normalized spacial score (nSPS) is 11.0. The second-order valence-corrected chi connectivity index (χ2v) is 6.52. The lowest BCUT2D eigenvalue weighted by Crippen LogP contribution is -2.23. The summed E-state index contributed by atoms with van der Waals surface area (Å²) in [5.41, 5.74) is 1.60. The topological polar surface area (TPSA) is 65.8 Å². The molecule has 0 atom stereocenters. The maximum atomic E-state index is 12.6. The van der Waals surface area contributed by atoms with Gasteiger partial charge in [-0.25, -0.2) is 0 Å². The predicted molar refractivity (Wildman–Crippen MR) is 102 cm³/mol. The molecule has 0 unspecified atom stereocenters. The van der Waals surface area contributed by atoms with Gasteiger partial charge >= 0.3 is 6.18 Å². The van der Waals surface area contributed by atoms with Crippen molar-refractivity contribution in [2.75, 3.05) is 0 Å². The summed E-state index contributed by atoms with van der Waals surface area (Å²) < 4.78 is 37.9. The van der Waals surface area contributed by atoms with E-state index in [0.29, 0.717) is 33.0 Å². The van der Waals surface area contributed by atoms with Crippen molar-refractivity contribution in [2.45, 2.75) is 12.7 Å². The molecule has 0 saturated carbocycles. The SMILES string of the molecule is N#Cc1ccc(CNC(=O)c2ccc(-c3ccc(C(F)(F)F)cc3)nc2)c(Cl)c1. The van der Waals surface area contributed by atoms with Gasteiger partial charge in [-0.15, -0.1) is 0 Å². The average molecular weight is 416 g/mol. The molecule has 0 radical (unpaired) electrons. The van der Waals surface area contributed by atoms with Crippen LogP contribution in [0.4, 0.5) is 13.2 Å². The van der Waals surface area contributed by atoms with E-state index in [9.17, 15) is 18.0 Å². The Morgan fingerprint density at radius 1 is 1.10 bits per heavy atom. The van der Waals surface area contributed by atoms with Crippen LogP contribution in [0.15, 0.2) is 60.8 Å². The van der Waals surface area contributed by atoms with E-state index in [-0.39, 0.29) is 12.5 Å². The largest absolute Gasteiger partial charge is 0.416 e. The van der Waals surface area contributed by atoms with E-state index in [1.54, 1.807) is 18.2 Å². The maximum absolute atomic E-state index is 12.6. The van der Waals surface area contributed by atoms with Crippen molar-refractivity contribution in [3.8, 4) is 17.3 Å². The summed E-state index contributed by atoms with van der Waals surface area (Å²) in [5.74, 6) is -0.378. The molecule has 146 valence electrons. The Labute approximate surface area is 169 Å². The van der Waals surface area contributed by atoms with Crippen molar-refractivity contribution in [3.63, 3.8) is 0 Å². The second-order valence-electron chi connectivity index (χ2n) is 6.11. The highest BCUT2D eigenvalue weighted by molar-refractivity contribution is 6.31. The van der Waals surface area contributed by atoms with Crippen molar-refractivity contribution in [2.24, 2.45) is 0 Å². The molecule has 0 aliphatic heterocycles. The van der Waals surface area contributed by atoms with Crippen LogP contribution in [0.2, 0.25) is 5.02 Å². The number of aromatic nitrogens is 1. The fourth-order valence-corrected chi connectivity index (χ4v) is 2.81. The Morgan fingerprint density at radius 3 is 2.38 bits per heavy atom. The zero-order valence-electron chi connectivity index (χ0n) is 14.8. The second kappa shape index (κ2) is 8.33. The minimum absolute atomic E-state index is 0.171. The monoisotopic (exact) mass is 415 g/mol. The summed E-state index contributed by atoms with van der Waals surface area (Å²) in [5, 5.41) is 11.9. The summed E-state index contributed by atoms with van der Waals surface area (Å²) in [7, 11) is 0. The number of amides is 1. The molecule has 29 heavy (non-hydrogen) atoms. The van der Waals surface area contributed by atoms with Crippen LogP contribution in [0.3, 0.4) is 0 Å². The highest BCUT2D eigenvalue weighted by Crippen LogP contribution is 2.30. The van der Waals surface area contributed by atoms with Gasteiger partial charge in [-0.3, -0.25) is 9.78 Å². The standard InChI is InChI=1S/C21H13ClF3N3O/c22-18-9-13(10-26)1-2-15(18)11-28-20(29)16-5-8-19(27-12-16)14-3-6-17(7-4-14)21(23,24)25/h1-9,12H,11H2,(H,28,29). The van der Waals surface area contributed by atoms with E-state index in [4.69, 9.17) is 16.9 Å². The first kappa shape index (κ1) is 20.4. The number of pyridine rings is 1. The molecule has 2 aromatic carbocycles. The summed E-state index contributed by atoms with van der Waals surface area (Å²) in [6.45, 7) is 0.171. The van der Waals surface area contributed by atoms with E-state index in [0.717, 1.165) is 12.1 Å². The van der Waals surface area contributed by atoms with Crippen LogP contribution in [-0.2, 0) is 12.7 Å². The lowest BCUT2D eigenvalue weighted by Gasteiger charge is -2.09. The predicted octanol–water partition coefficient (Wildman–Crippen LogP) is 5.22. The summed E-state index contributed by atoms with van der Waals surface area (Å²) in [6.07, 6.45) is -3.05. The van der Waals surface area contributed by atoms with Crippen LogP contribution in [0.5, 0.6) is 0 Å². The zero-order valence-corrected chi connectivity index (χ0v) is 15.6. The minimum Gasteiger partial charge on any atom is -0.348 e. The number of halogens is 4. The molecule has 3 aromatic rings. The van der Waals surface area contributed by atoms with E-state index >= 15 is 0 Å². The highest BCUT2D eigenvalue weighted by atomic mass is 35.5. The maximum Gasteiger partial charge on any atom is 0.416 e. The Morgan fingerprint density at radius 2 is 1.83 bits per heavy atom. The number of benzene rings is 2. The Bertz CT molecular complexity index is 1070. The number of hydrogen-bond donors (Lipinski definition) is 1. The van der Waals surface area contributed by atoms with Crippen LogP contribution >= 0.6 is 11.6 Å². The molecule has 4 nitrogen and oxygen atoms in total. The number of alkyl halides is 3. The Kier molecular flexibility index (Phi) is 5.85. The van der Waals surface area contributed by atoms with Crippen molar-refractivity contribution in [1.29, 1.82) is 5.26 Å². The fourth-order valence-electron chi connectivity index (χ4n) is 2.57. The lowest BCUT2D eigenvalue weighted by molar-refractivity contribution is -0.137. The van der Waals surface area contributed by atoms with Gasteiger partial charge in [0.05, 0.1) is 28.5 Å². The quantitative estimate of drug-likeness (QED) is 0.635. The molecular weight excluding hydrogens is 403 g/mol. The first-order valence-electron chi connectivity index (χ1n) is 8.38. The van der Waals surface area contributed by atoms with E-state index in [1.165, 1.54) is 30.5 Å². The molecule has 1 heterocycles. The number of nitrogens with one attached hydrogen (secondary N) is 1. The van der Waals surface area contributed by atoms with Crippen molar-refractivity contribution >= 4 is 17.5 Å². The Balaban J connectivity index is 1.67. The van der Waals surface area contributed by atoms with Gasteiger partial charge in [-0.05, 0) is 42.0 Å². The molecule has 0 bridgehead atoms. The number of nitriles is 1. The van der Waals surface area contributed by atoms with Gasteiger partial charge in [0.1, 0.15) is 0 Å². The average Bonchev–Trinajstić information content (AvgIpc) is 2.72. The molecule has 1 N–H and O–H groups in total. The summed E-state index contributed by atoms with van der Waals surface area (Å²) in [4.78, 5) is 16.4. The van der Waals surface area contributed by atoms with Gasteiger partial charge in [-0.2, -0.15) is 18.4 Å². The highest BCUT2D eigenvalue weighted by Gasteiger charge is 2.30. The number of rotatable bonds is 4. The van der Waals surface area contributed by atoms with Crippen LogP contribution in [0, 0.1) is 11.3 Å². The first-order valence-corrected chi connectivity index (χ1v) is 8.76. The number of carbonyl (C=O) groups is 1. The molecule has 0 aliphatic rings. The zero-order chi connectivity index (χ0) is 21.0. The van der Waals surface area contributed by atoms with Crippen molar-refractivity contribution in [1.82, 2.24) is 10.3 Å². The molecule has 0 fully saturated rings. The van der Waals surface area contributed by atoms with Crippen LogP contribution in [0.1, 0.15) is 27.0 Å². The first-order chi connectivity index (χ1) is 13.8. The lowest BCUT2D eigenvalue weighted by atomic mass is 10.1. The molecule has 1 aromatic heterocycles. The van der Waals surface area contributed by atoms with Crippen LogP contribution < -0.4 is 5.32 Å². The van der Waals surface area contributed by atoms with Gasteiger partial charge in [-0.1, -0.05) is 29.8 Å². The van der Waals surface area contributed by atoms with E-state index < -0.39 is 11.7 Å². The third kappa shape index (κ3) is 4.92. The minimum atomic E-state index is -4.40. The van der Waals surface area contributed by atoms with E-state index in [1.807, 2.05) is 6.07 Å². The molecule has 1 amide bonds. The molecular formula is C21H13ClF3N3O. The van der Waals surface area contributed by atoms with Crippen molar-refractivity contribution in [3.05, 3.63) is 88.1 Å². The van der Waals surface area contributed by atoms with E-state index in [2.05, 4.69) is 10.3 Å². The van der Waals surface area contributed by atoms with Gasteiger partial charge < -0.3 is 5.32 Å². The Hall–Kier alpha value is -3.37. The number of nitrogens with zero attached hydrogens (tertiary/aromatic N) is 2. The molecule has 0 aliphatic carbocycles. The van der Waals surface area contributed by atoms with Crippen LogP contribution in [0.25, 0.3) is 11.3 Å². The molecule has 0 spiro atoms.